The molecule has 7 nitrogen and oxygen atoms in total. The van der Waals surface area contributed by atoms with Crippen molar-refractivity contribution in [3.05, 3.63) is 59.4 Å². The number of benzene rings is 2. The fourth-order valence-corrected chi connectivity index (χ4v) is 4.08. The van der Waals surface area contributed by atoms with E-state index in [1.807, 2.05) is 24.3 Å². The van der Waals surface area contributed by atoms with Crippen LogP contribution >= 0.6 is 12.4 Å². The van der Waals surface area contributed by atoms with Crippen LogP contribution in [0.1, 0.15) is 11.1 Å². The molecule has 1 saturated heterocycles. The monoisotopic (exact) mass is 457 g/mol. The standard InChI is InChI=1S/C23H24FN5O2.ClH/c1-28-8-10-29(11-9-28)12-13-31-27-21-16-4-2-3-5-18(16)25-22(21)20-17-14-15(24)6-7-19(17)26-23(20)30;/h2-7,14,26,30H,8-13H2,1H3;1H/b27-21+;. The molecule has 0 spiro atoms. The van der Waals surface area contributed by atoms with Crippen molar-refractivity contribution in [1.82, 2.24) is 14.8 Å². The van der Waals surface area contributed by atoms with E-state index in [1.165, 1.54) is 12.1 Å². The Morgan fingerprint density at radius 3 is 2.75 bits per heavy atom. The molecule has 2 aromatic carbocycles. The topological polar surface area (TPSA) is 76.5 Å². The second-order valence-corrected chi connectivity index (χ2v) is 7.93. The highest BCUT2D eigenvalue weighted by atomic mass is 35.5. The first-order valence-electron chi connectivity index (χ1n) is 10.4. The predicted octanol–water partition coefficient (Wildman–Crippen LogP) is 3.54. The molecule has 0 atom stereocenters. The van der Waals surface area contributed by atoms with Gasteiger partial charge in [0.15, 0.2) is 5.88 Å². The first kappa shape index (κ1) is 22.3. The van der Waals surface area contributed by atoms with Crippen LogP contribution in [0.2, 0.25) is 0 Å². The fraction of sp³-hybridized carbons (Fsp3) is 0.304. The van der Waals surface area contributed by atoms with Gasteiger partial charge in [-0.25, -0.2) is 9.38 Å². The SMILES string of the molecule is CN1CCN(CCO/N=C2/C(c3c(O)[nH]c4ccc(F)cc34)=Nc3ccccc32)CC1.Cl. The van der Waals surface area contributed by atoms with E-state index in [9.17, 15) is 9.50 Å². The Balaban J connectivity index is 0.00000245. The molecule has 2 aliphatic rings. The normalized spacial score (nSPS) is 17.9. The summed E-state index contributed by atoms with van der Waals surface area (Å²) in [5, 5.41) is 15.5. The van der Waals surface area contributed by atoms with E-state index in [0.29, 0.717) is 34.5 Å². The largest absolute Gasteiger partial charge is 0.494 e. The van der Waals surface area contributed by atoms with Gasteiger partial charge in [-0.3, -0.25) is 4.90 Å². The number of aliphatic imine (C=N–C) groups is 1. The van der Waals surface area contributed by atoms with Crippen LogP contribution in [0.3, 0.4) is 0 Å². The predicted molar refractivity (Wildman–Crippen MR) is 126 cm³/mol. The van der Waals surface area contributed by atoms with Crippen molar-refractivity contribution in [2.75, 3.05) is 46.4 Å². The van der Waals surface area contributed by atoms with Gasteiger partial charge in [0.1, 0.15) is 23.8 Å². The number of nitrogens with zero attached hydrogens (tertiary/aromatic N) is 4. The number of nitrogens with one attached hydrogen (secondary N) is 1. The molecular weight excluding hydrogens is 433 g/mol. The number of rotatable bonds is 5. The van der Waals surface area contributed by atoms with Gasteiger partial charge in [-0.2, -0.15) is 0 Å². The number of piperazine rings is 1. The minimum Gasteiger partial charge on any atom is -0.494 e. The van der Waals surface area contributed by atoms with Gasteiger partial charge in [0, 0.05) is 49.2 Å². The van der Waals surface area contributed by atoms with E-state index in [2.05, 4.69) is 32.0 Å². The lowest BCUT2D eigenvalue weighted by molar-refractivity contribution is 0.0864. The van der Waals surface area contributed by atoms with Crippen molar-refractivity contribution in [1.29, 1.82) is 0 Å². The molecule has 9 heteroatoms. The zero-order chi connectivity index (χ0) is 21.4. The highest BCUT2D eigenvalue weighted by Crippen LogP contribution is 2.35. The lowest BCUT2D eigenvalue weighted by Crippen LogP contribution is -2.45. The summed E-state index contributed by atoms with van der Waals surface area (Å²) in [6.07, 6.45) is 0. The van der Waals surface area contributed by atoms with Crippen LogP contribution in [0.25, 0.3) is 10.9 Å². The third-order valence-electron chi connectivity index (χ3n) is 5.84. The summed E-state index contributed by atoms with van der Waals surface area (Å²) in [5.74, 6) is -0.455. The summed E-state index contributed by atoms with van der Waals surface area (Å²) in [6.45, 7) is 5.38. The first-order valence-corrected chi connectivity index (χ1v) is 10.4. The lowest BCUT2D eigenvalue weighted by atomic mass is 10.0. The minimum atomic E-state index is -0.384. The van der Waals surface area contributed by atoms with E-state index in [4.69, 9.17) is 4.84 Å². The third-order valence-corrected chi connectivity index (χ3v) is 5.84. The van der Waals surface area contributed by atoms with Crippen LogP contribution in [-0.2, 0) is 4.84 Å². The Hall–Kier alpha value is -2.94. The van der Waals surface area contributed by atoms with E-state index >= 15 is 0 Å². The lowest BCUT2D eigenvalue weighted by Gasteiger charge is -2.31. The number of aromatic amines is 1. The molecule has 3 aromatic rings. The van der Waals surface area contributed by atoms with Crippen molar-refractivity contribution in [2.45, 2.75) is 0 Å². The van der Waals surface area contributed by atoms with E-state index < -0.39 is 0 Å². The molecule has 3 heterocycles. The van der Waals surface area contributed by atoms with Gasteiger partial charge in [0.05, 0.1) is 11.3 Å². The molecule has 0 saturated carbocycles. The van der Waals surface area contributed by atoms with Gasteiger partial charge >= 0.3 is 0 Å². The number of H-pyrrole nitrogens is 1. The van der Waals surface area contributed by atoms with Gasteiger partial charge in [-0.05, 0) is 31.3 Å². The summed E-state index contributed by atoms with van der Waals surface area (Å²) in [7, 11) is 2.13. The summed E-state index contributed by atoms with van der Waals surface area (Å²) in [5.41, 5.74) is 3.62. The molecule has 1 fully saturated rings. The Bertz CT molecular complexity index is 1180. The maximum atomic E-state index is 13.9. The molecule has 0 aliphatic carbocycles. The zero-order valence-corrected chi connectivity index (χ0v) is 18.5. The van der Waals surface area contributed by atoms with E-state index in [0.717, 1.165) is 44.0 Å². The number of oxime groups is 1. The maximum Gasteiger partial charge on any atom is 0.199 e. The molecule has 2 N–H and O–H groups in total. The number of hydrogen-bond donors (Lipinski definition) is 2. The van der Waals surface area contributed by atoms with Crippen molar-refractivity contribution in [3.8, 4) is 5.88 Å². The smallest absolute Gasteiger partial charge is 0.199 e. The molecule has 0 unspecified atom stereocenters. The fourth-order valence-electron chi connectivity index (χ4n) is 4.08. The third kappa shape index (κ3) is 4.21. The van der Waals surface area contributed by atoms with Crippen molar-refractivity contribution in [3.63, 3.8) is 0 Å². The van der Waals surface area contributed by atoms with E-state index in [1.54, 1.807) is 6.07 Å². The van der Waals surface area contributed by atoms with Crippen LogP contribution in [-0.4, -0.2) is 77.7 Å². The van der Waals surface area contributed by atoms with Crippen LogP contribution in [0.5, 0.6) is 5.88 Å². The van der Waals surface area contributed by atoms with Crippen LogP contribution < -0.4 is 0 Å². The number of hydrogen-bond acceptors (Lipinski definition) is 6. The number of aromatic nitrogens is 1. The maximum absolute atomic E-state index is 13.9. The number of likely N-dealkylation sites (N-methyl/N-ethyl adjacent to an activating group) is 1. The molecule has 2 aliphatic heterocycles. The van der Waals surface area contributed by atoms with Crippen molar-refractivity contribution < 1.29 is 14.3 Å². The Morgan fingerprint density at radius 1 is 1.16 bits per heavy atom. The van der Waals surface area contributed by atoms with Crippen LogP contribution in [0.4, 0.5) is 10.1 Å². The number of aromatic hydroxyl groups is 1. The Kier molecular flexibility index (Phi) is 6.45. The molecule has 32 heavy (non-hydrogen) atoms. The molecule has 5 rings (SSSR count). The second-order valence-electron chi connectivity index (χ2n) is 7.93. The average molecular weight is 458 g/mol. The Labute approximate surface area is 191 Å². The summed E-state index contributed by atoms with van der Waals surface area (Å²) in [4.78, 5) is 17.9. The zero-order valence-electron chi connectivity index (χ0n) is 17.7. The van der Waals surface area contributed by atoms with Gasteiger partial charge < -0.3 is 19.8 Å². The molecular formula is C23H25ClFN5O2. The van der Waals surface area contributed by atoms with Crippen LogP contribution in [0, 0.1) is 5.82 Å². The Morgan fingerprint density at radius 2 is 1.94 bits per heavy atom. The highest BCUT2D eigenvalue weighted by Gasteiger charge is 2.29. The molecule has 0 radical (unpaired) electrons. The second kappa shape index (κ2) is 9.28. The first-order chi connectivity index (χ1) is 15.1. The van der Waals surface area contributed by atoms with Gasteiger partial charge in [-0.1, -0.05) is 23.4 Å². The quantitative estimate of drug-likeness (QED) is 0.454. The summed E-state index contributed by atoms with van der Waals surface area (Å²) in [6, 6.07) is 11.9. The van der Waals surface area contributed by atoms with Crippen molar-refractivity contribution in [2.24, 2.45) is 10.1 Å². The van der Waals surface area contributed by atoms with Gasteiger partial charge in [0.2, 0.25) is 0 Å². The highest BCUT2D eigenvalue weighted by molar-refractivity contribution is 6.58. The van der Waals surface area contributed by atoms with E-state index in [-0.39, 0.29) is 24.1 Å². The summed E-state index contributed by atoms with van der Waals surface area (Å²) >= 11 is 0. The summed E-state index contributed by atoms with van der Waals surface area (Å²) < 4.78 is 13.9. The molecule has 1 aromatic heterocycles. The van der Waals surface area contributed by atoms with Crippen LogP contribution in [0.15, 0.2) is 52.6 Å². The molecule has 0 amide bonds. The average Bonchev–Trinajstić information content (AvgIpc) is 3.28. The number of para-hydroxylation sites is 1. The van der Waals surface area contributed by atoms with Crippen molar-refractivity contribution >= 4 is 40.4 Å². The molecule has 168 valence electrons. The minimum absolute atomic E-state index is 0. The number of fused-ring (bicyclic) bond motifs is 2. The van der Waals surface area contributed by atoms with Gasteiger partial charge in [-0.15, -0.1) is 12.4 Å². The number of halogens is 2. The molecule has 0 bridgehead atoms. The van der Waals surface area contributed by atoms with Gasteiger partial charge in [0.25, 0.3) is 0 Å².